The fourth-order valence-corrected chi connectivity index (χ4v) is 18.2. The van der Waals surface area contributed by atoms with Crippen LogP contribution >= 0.6 is 0 Å². The third kappa shape index (κ3) is 11.3. The first-order valence-electron chi connectivity index (χ1n) is 40.4. The van der Waals surface area contributed by atoms with E-state index in [1.165, 1.54) is 87.6 Å². The lowest BCUT2D eigenvalue weighted by molar-refractivity contribution is 0.399. The fourth-order valence-electron chi connectivity index (χ4n) is 18.2. The van der Waals surface area contributed by atoms with Crippen molar-refractivity contribution in [3.05, 3.63) is 285 Å². The number of aromatic nitrogens is 4. The Kier molecular flexibility index (Phi) is 15.4. The van der Waals surface area contributed by atoms with E-state index in [9.17, 15) is 0 Å². The molecule has 6 heterocycles. The molecular formula is C105H108N4O2. The third-order valence-electron chi connectivity index (χ3n) is 24.9. The molecule has 2 aliphatic heterocycles. The Morgan fingerprint density at radius 1 is 0.180 bits per heavy atom. The van der Waals surface area contributed by atoms with Crippen LogP contribution in [0.1, 0.15) is 233 Å². The Hall–Kier alpha value is -10.6. The summed E-state index contributed by atoms with van der Waals surface area (Å²) in [4.78, 5) is 0. The van der Waals surface area contributed by atoms with Crippen LogP contribution in [-0.4, -0.2) is 18.3 Å². The Morgan fingerprint density at radius 3 is 0.459 bits per heavy atom. The van der Waals surface area contributed by atoms with E-state index in [-0.39, 0.29) is 43.3 Å². The molecule has 0 radical (unpaired) electrons. The topological polar surface area (TPSA) is 38.2 Å². The molecule has 0 saturated carbocycles. The first kappa shape index (κ1) is 72.0. The summed E-state index contributed by atoms with van der Waals surface area (Å²) in [6, 6.07) is 85.4. The first-order valence-corrected chi connectivity index (χ1v) is 40.4. The van der Waals surface area contributed by atoms with Gasteiger partial charge in [0.05, 0.1) is 49.5 Å². The van der Waals surface area contributed by atoms with Crippen molar-refractivity contribution >= 4 is 87.2 Å². The van der Waals surface area contributed by atoms with Gasteiger partial charge in [0.15, 0.2) is 0 Å². The molecule has 2 aliphatic rings. The largest absolute Gasteiger partial charge is 0.457 e. The van der Waals surface area contributed by atoms with E-state index in [0.717, 1.165) is 112 Å². The monoisotopic (exact) mass is 1460 g/mol. The molecule has 0 N–H and O–H groups in total. The summed E-state index contributed by atoms with van der Waals surface area (Å²) in [7, 11) is 0. The molecule has 0 unspecified atom stereocenters. The molecule has 6 nitrogen and oxygen atoms in total. The second-order valence-corrected chi connectivity index (χ2v) is 40.9. The van der Waals surface area contributed by atoms with Gasteiger partial charge < -0.3 is 27.7 Å². The maximum atomic E-state index is 7.93. The minimum atomic E-state index is -1.01. The van der Waals surface area contributed by atoms with Crippen molar-refractivity contribution in [3.63, 3.8) is 0 Å². The van der Waals surface area contributed by atoms with E-state index in [1.807, 2.05) is 0 Å². The molecule has 18 rings (SSSR count). The highest BCUT2D eigenvalue weighted by atomic mass is 16.5. The second-order valence-electron chi connectivity index (χ2n) is 40.9. The van der Waals surface area contributed by atoms with Crippen molar-refractivity contribution < 1.29 is 9.47 Å². The number of benzene rings is 12. The maximum absolute atomic E-state index is 7.93. The summed E-state index contributed by atoms with van der Waals surface area (Å²) in [5, 5.41) is 9.91. The van der Waals surface area contributed by atoms with Crippen LogP contribution in [0, 0.1) is 0 Å². The van der Waals surface area contributed by atoms with Crippen molar-refractivity contribution in [1.29, 1.82) is 0 Å². The number of fused-ring (bicyclic) bond motifs is 20. The molecule has 4 aromatic heterocycles. The first-order chi connectivity index (χ1) is 52.0. The number of rotatable bonds is 4. The Labute approximate surface area is 656 Å². The van der Waals surface area contributed by atoms with Crippen molar-refractivity contribution in [2.24, 2.45) is 0 Å². The van der Waals surface area contributed by atoms with Crippen LogP contribution in [0.4, 0.5) is 0 Å². The summed E-state index contributed by atoms with van der Waals surface area (Å²) in [5.74, 6) is 3.12. The molecule has 12 aromatic carbocycles. The summed E-state index contributed by atoms with van der Waals surface area (Å²) in [5.41, 5.74) is 26.4. The highest BCUT2D eigenvalue weighted by Gasteiger charge is 2.51. The summed E-state index contributed by atoms with van der Waals surface area (Å²) < 4.78 is 25.8. The summed E-state index contributed by atoms with van der Waals surface area (Å²) >= 11 is 0. The van der Waals surface area contributed by atoms with Crippen LogP contribution in [0.5, 0.6) is 23.0 Å². The second kappa shape index (κ2) is 23.7. The van der Waals surface area contributed by atoms with Gasteiger partial charge in [-0.15, -0.1) is 0 Å². The average molecular weight is 1460 g/mol. The van der Waals surface area contributed by atoms with Crippen molar-refractivity contribution in [3.8, 4) is 45.7 Å². The van der Waals surface area contributed by atoms with Crippen molar-refractivity contribution in [1.82, 2.24) is 18.3 Å². The van der Waals surface area contributed by atoms with E-state index in [1.54, 1.807) is 0 Å². The SMILES string of the molecule is CC(C)(C)c1ccc2c(c1)c1cc(C(C)(C)C)ccc1n2-c1ccc2c(c1)Oc1cc(-n3c4ccc(C(C)(C)C)cc4c4cc(C(C)(C)C)ccc43)ccc1C21c2ccc(-n3c4ccc(C(C)(C)C)cc4c4cc(C(C)(C)C)ccc43)cc2Oc2cc(-n3c4ccc(C(C)(C)C)cc4c4cc(C(C)(C)C)ccc43)ccc21. The molecule has 0 amide bonds. The van der Waals surface area contributed by atoms with Gasteiger partial charge in [0.25, 0.3) is 0 Å². The summed E-state index contributed by atoms with van der Waals surface area (Å²) in [6.07, 6.45) is 0. The molecule has 1 spiro atoms. The average Bonchev–Trinajstić information content (AvgIpc) is 1.02. The van der Waals surface area contributed by atoms with Crippen LogP contribution in [0.2, 0.25) is 0 Å². The smallest absolute Gasteiger partial charge is 0.134 e. The van der Waals surface area contributed by atoms with Crippen LogP contribution in [-0.2, 0) is 48.7 Å². The molecule has 0 bridgehead atoms. The highest BCUT2D eigenvalue weighted by Crippen LogP contribution is 2.63. The van der Waals surface area contributed by atoms with Gasteiger partial charge in [-0.25, -0.2) is 0 Å². The molecule has 560 valence electrons. The van der Waals surface area contributed by atoms with Gasteiger partial charge in [-0.3, -0.25) is 0 Å². The van der Waals surface area contributed by atoms with Gasteiger partial charge in [0.2, 0.25) is 0 Å². The molecule has 16 aromatic rings. The zero-order chi connectivity index (χ0) is 78.5. The van der Waals surface area contributed by atoms with E-state index >= 15 is 0 Å². The van der Waals surface area contributed by atoms with E-state index in [0.29, 0.717) is 0 Å². The number of hydrogen-bond donors (Lipinski definition) is 0. The molecule has 0 aliphatic carbocycles. The molecule has 0 saturated heterocycles. The lowest BCUT2D eigenvalue weighted by atomic mass is 9.62. The lowest BCUT2D eigenvalue weighted by Gasteiger charge is -2.45. The van der Waals surface area contributed by atoms with Crippen LogP contribution in [0.15, 0.2) is 218 Å². The molecule has 0 fully saturated rings. The molecule has 6 heteroatoms. The van der Waals surface area contributed by atoms with Gasteiger partial charge in [-0.2, -0.15) is 0 Å². The fraction of sp³-hybridized carbons (Fsp3) is 0.314. The zero-order valence-corrected chi connectivity index (χ0v) is 69.9. The minimum absolute atomic E-state index is 0.0578. The lowest BCUT2D eigenvalue weighted by Crippen LogP contribution is -2.37. The third-order valence-corrected chi connectivity index (χ3v) is 24.9. The number of ether oxygens (including phenoxy) is 2. The van der Waals surface area contributed by atoms with Gasteiger partial charge >= 0.3 is 0 Å². The predicted molar refractivity (Wildman–Crippen MR) is 472 cm³/mol. The molecule has 0 atom stereocenters. The van der Waals surface area contributed by atoms with Crippen molar-refractivity contribution in [2.75, 3.05) is 0 Å². The maximum Gasteiger partial charge on any atom is 0.134 e. The van der Waals surface area contributed by atoms with Crippen LogP contribution in [0.3, 0.4) is 0 Å². The van der Waals surface area contributed by atoms with Crippen LogP contribution < -0.4 is 9.47 Å². The van der Waals surface area contributed by atoms with Gasteiger partial charge in [-0.05, 0) is 209 Å². The molecule has 111 heavy (non-hydrogen) atoms. The molecular weight excluding hydrogens is 1350 g/mol. The number of hydrogen-bond acceptors (Lipinski definition) is 2. The Balaban J connectivity index is 0.947. The summed E-state index contributed by atoms with van der Waals surface area (Å²) in [6.45, 7) is 55.6. The Bertz CT molecular complexity index is 5560. The zero-order valence-electron chi connectivity index (χ0n) is 69.9. The highest BCUT2D eigenvalue weighted by molar-refractivity contribution is 6.13. The van der Waals surface area contributed by atoms with Gasteiger partial charge in [0, 0.05) is 112 Å². The van der Waals surface area contributed by atoms with E-state index in [4.69, 9.17) is 9.47 Å². The predicted octanol–water partition coefficient (Wildman–Crippen LogP) is 29.0. The Morgan fingerprint density at radius 2 is 0.324 bits per heavy atom. The van der Waals surface area contributed by atoms with Gasteiger partial charge in [-0.1, -0.05) is 239 Å². The minimum Gasteiger partial charge on any atom is -0.457 e. The standard InChI is InChI=1S/C105H108N4O2/c1-97(2,3)61-25-41-85-73(49-61)74-50-62(98(4,5)6)26-42-86(74)106(85)69-33-37-81-93(57-69)110-94-58-70(107-87-43-27-63(99(7,8)9)51-75(87)76-52-64(100(10,11)12)28-44-88(76)107)34-38-82(94)105(81)83-39-35-71(108-89-45-29-65(101(13,14)15)53-77(89)78-54-66(102(16,17)18)30-46-90(78)108)59-95(83)111-96-60-72(36-40-84(96)105)109-91-47-31-67(103(19,20)21)55-79(91)80-56-68(104(22,23)24)32-48-92(80)109/h25-60H,1-24H3. The van der Waals surface area contributed by atoms with Crippen LogP contribution in [0.25, 0.3) is 110 Å². The van der Waals surface area contributed by atoms with E-state index < -0.39 is 5.41 Å². The quantitative estimate of drug-likeness (QED) is 0.176. The van der Waals surface area contributed by atoms with Gasteiger partial charge in [0.1, 0.15) is 23.0 Å². The van der Waals surface area contributed by atoms with Crippen molar-refractivity contribution in [2.45, 2.75) is 215 Å². The number of nitrogens with zero attached hydrogens (tertiary/aromatic N) is 4. The van der Waals surface area contributed by atoms with E-state index in [2.05, 4.69) is 403 Å². The normalized spacial score (nSPS) is 14.3.